The maximum atomic E-state index is 12.3. The number of ether oxygens (including phenoxy) is 1. The third-order valence-electron chi connectivity index (χ3n) is 3.51. The Kier molecular flexibility index (Phi) is 5.30. The van der Waals surface area contributed by atoms with Gasteiger partial charge < -0.3 is 9.64 Å². The van der Waals surface area contributed by atoms with Crippen molar-refractivity contribution in [3.05, 3.63) is 46.5 Å². The molecule has 0 radical (unpaired) electrons. The van der Waals surface area contributed by atoms with E-state index in [2.05, 4.69) is 0 Å². The normalized spacial score (nSPS) is 14.0. The van der Waals surface area contributed by atoms with Gasteiger partial charge in [-0.25, -0.2) is 0 Å². The van der Waals surface area contributed by atoms with Crippen LogP contribution < -0.4 is 4.74 Å². The summed E-state index contributed by atoms with van der Waals surface area (Å²) in [6.45, 7) is 8.54. The van der Waals surface area contributed by atoms with Crippen molar-refractivity contribution in [3.8, 4) is 5.75 Å². The quantitative estimate of drug-likeness (QED) is 0.774. The number of amides is 1. The Balaban J connectivity index is 2.15. The highest BCUT2D eigenvalue weighted by atomic mass is 35.5. The van der Waals surface area contributed by atoms with Gasteiger partial charge in [0.15, 0.2) is 0 Å². The number of carbonyl (C=O) groups excluding carboxylic acids is 1. The van der Waals surface area contributed by atoms with Crippen molar-refractivity contribution in [2.75, 3.05) is 6.61 Å². The van der Waals surface area contributed by atoms with Crippen LogP contribution in [0.2, 0.25) is 5.02 Å². The van der Waals surface area contributed by atoms with Crippen molar-refractivity contribution in [2.45, 2.75) is 39.8 Å². The molecule has 0 fully saturated rings. The van der Waals surface area contributed by atoms with Crippen molar-refractivity contribution in [3.63, 3.8) is 0 Å². The van der Waals surface area contributed by atoms with Crippen LogP contribution in [0.1, 0.15) is 33.3 Å². The molecule has 2 rings (SSSR count). The first kappa shape index (κ1) is 16.6. The third-order valence-corrected chi connectivity index (χ3v) is 3.75. The summed E-state index contributed by atoms with van der Waals surface area (Å²) in [6.07, 6.45) is 5.44. The van der Waals surface area contributed by atoms with Crippen molar-refractivity contribution in [2.24, 2.45) is 0 Å². The maximum Gasteiger partial charge on any atom is 0.247 e. The number of nitrogens with zero attached hydrogens (tertiary/aromatic N) is 1. The summed E-state index contributed by atoms with van der Waals surface area (Å²) in [6, 6.07) is 5.88. The van der Waals surface area contributed by atoms with E-state index in [0.717, 1.165) is 16.9 Å². The first-order chi connectivity index (χ1) is 10.4. The van der Waals surface area contributed by atoms with Crippen molar-refractivity contribution in [1.82, 2.24) is 4.90 Å². The fourth-order valence-electron chi connectivity index (χ4n) is 2.63. The lowest BCUT2D eigenvalue weighted by molar-refractivity contribution is -0.129. The molecular formula is C18H22ClNO2. The molecule has 1 aromatic carbocycles. The SMILES string of the molecule is CC(C)N(C(=O)C=CC1=Cc2cc(Cl)ccc2OC1)C(C)C. The first-order valence-electron chi connectivity index (χ1n) is 7.51. The number of hydrogen-bond donors (Lipinski definition) is 0. The number of carbonyl (C=O) groups is 1. The Morgan fingerprint density at radius 2 is 1.95 bits per heavy atom. The van der Waals surface area contributed by atoms with Gasteiger partial charge in [-0.2, -0.15) is 0 Å². The smallest absolute Gasteiger partial charge is 0.247 e. The van der Waals surface area contributed by atoms with Gasteiger partial charge >= 0.3 is 0 Å². The lowest BCUT2D eigenvalue weighted by atomic mass is 10.1. The highest BCUT2D eigenvalue weighted by Gasteiger charge is 2.18. The van der Waals surface area contributed by atoms with E-state index >= 15 is 0 Å². The summed E-state index contributed by atoms with van der Waals surface area (Å²) in [5.74, 6) is 0.835. The molecule has 1 aromatic rings. The van der Waals surface area contributed by atoms with Gasteiger partial charge in [-0.1, -0.05) is 17.7 Å². The average molecular weight is 320 g/mol. The number of fused-ring (bicyclic) bond motifs is 1. The van der Waals surface area contributed by atoms with Crippen LogP contribution in [0.4, 0.5) is 0 Å². The van der Waals surface area contributed by atoms with E-state index in [1.807, 2.05) is 62.9 Å². The maximum absolute atomic E-state index is 12.3. The van der Waals surface area contributed by atoms with Crippen LogP contribution in [-0.4, -0.2) is 29.5 Å². The minimum Gasteiger partial charge on any atom is -0.488 e. The standard InChI is InChI=1S/C18H22ClNO2/c1-12(2)20(13(3)4)18(21)8-5-14-9-15-10-16(19)6-7-17(15)22-11-14/h5-10,12-13H,11H2,1-4H3. The Labute approximate surface area is 137 Å². The van der Waals surface area contributed by atoms with Gasteiger partial charge in [0.25, 0.3) is 0 Å². The second-order valence-corrected chi connectivity index (χ2v) is 6.39. The molecule has 118 valence electrons. The molecule has 22 heavy (non-hydrogen) atoms. The molecule has 0 spiro atoms. The molecule has 0 N–H and O–H groups in total. The van der Waals surface area contributed by atoms with Crippen molar-refractivity contribution in [1.29, 1.82) is 0 Å². The van der Waals surface area contributed by atoms with E-state index in [1.54, 1.807) is 6.08 Å². The van der Waals surface area contributed by atoms with Crippen LogP contribution in [0.5, 0.6) is 5.75 Å². The van der Waals surface area contributed by atoms with E-state index in [9.17, 15) is 4.79 Å². The van der Waals surface area contributed by atoms with Crippen molar-refractivity contribution < 1.29 is 9.53 Å². The number of benzene rings is 1. The Bertz CT molecular complexity index is 610. The lowest BCUT2D eigenvalue weighted by Gasteiger charge is -2.29. The molecular weight excluding hydrogens is 298 g/mol. The minimum atomic E-state index is 0.0165. The molecule has 0 saturated heterocycles. The van der Waals surface area contributed by atoms with Crippen LogP contribution in [0.3, 0.4) is 0 Å². The van der Waals surface area contributed by atoms with E-state index < -0.39 is 0 Å². The van der Waals surface area contributed by atoms with Gasteiger partial charge in [0.2, 0.25) is 5.91 Å². The molecule has 1 aliphatic heterocycles. The van der Waals surface area contributed by atoms with Crippen LogP contribution in [0, 0.1) is 0 Å². The summed E-state index contributed by atoms with van der Waals surface area (Å²) in [4.78, 5) is 14.2. The van der Waals surface area contributed by atoms with E-state index in [4.69, 9.17) is 16.3 Å². The Hall–Kier alpha value is -1.74. The van der Waals surface area contributed by atoms with Crippen LogP contribution >= 0.6 is 11.6 Å². The second-order valence-electron chi connectivity index (χ2n) is 5.96. The summed E-state index contributed by atoms with van der Waals surface area (Å²) in [5.41, 5.74) is 1.89. The summed E-state index contributed by atoms with van der Waals surface area (Å²) < 4.78 is 5.68. The first-order valence-corrected chi connectivity index (χ1v) is 7.89. The number of rotatable bonds is 4. The zero-order valence-corrected chi connectivity index (χ0v) is 14.2. The van der Waals surface area contributed by atoms with Gasteiger partial charge in [0.05, 0.1) is 0 Å². The molecule has 1 aliphatic rings. The Morgan fingerprint density at radius 1 is 1.27 bits per heavy atom. The predicted molar refractivity (Wildman–Crippen MR) is 91.2 cm³/mol. The van der Waals surface area contributed by atoms with Gasteiger partial charge in [-0.3, -0.25) is 4.79 Å². The number of hydrogen-bond acceptors (Lipinski definition) is 2. The van der Waals surface area contributed by atoms with Crippen LogP contribution in [0.25, 0.3) is 6.08 Å². The highest BCUT2D eigenvalue weighted by Crippen LogP contribution is 2.29. The molecule has 3 nitrogen and oxygen atoms in total. The van der Waals surface area contributed by atoms with Crippen LogP contribution in [0.15, 0.2) is 35.9 Å². The molecule has 0 bridgehead atoms. The van der Waals surface area contributed by atoms with Gasteiger partial charge in [-0.05, 0) is 57.5 Å². The zero-order chi connectivity index (χ0) is 16.3. The fourth-order valence-corrected chi connectivity index (χ4v) is 2.81. The second kappa shape index (κ2) is 7.01. The summed E-state index contributed by atoms with van der Waals surface area (Å²) in [7, 11) is 0. The van der Waals surface area contributed by atoms with Crippen LogP contribution in [-0.2, 0) is 4.79 Å². The Morgan fingerprint density at radius 3 is 2.59 bits per heavy atom. The minimum absolute atomic E-state index is 0.0165. The topological polar surface area (TPSA) is 29.5 Å². The molecule has 0 aliphatic carbocycles. The monoisotopic (exact) mass is 319 g/mol. The molecule has 0 saturated carbocycles. The fraction of sp³-hybridized carbons (Fsp3) is 0.389. The zero-order valence-electron chi connectivity index (χ0n) is 13.5. The van der Waals surface area contributed by atoms with Gasteiger partial charge in [-0.15, -0.1) is 0 Å². The molecule has 0 atom stereocenters. The predicted octanol–water partition coefficient (Wildman–Crippen LogP) is 4.32. The largest absolute Gasteiger partial charge is 0.488 e. The van der Waals surface area contributed by atoms with Crippen molar-refractivity contribution >= 4 is 23.6 Å². The van der Waals surface area contributed by atoms with E-state index in [-0.39, 0.29) is 18.0 Å². The highest BCUT2D eigenvalue weighted by molar-refractivity contribution is 6.30. The van der Waals surface area contributed by atoms with Gasteiger partial charge in [0, 0.05) is 28.7 Å². The molecule has 1 heterocycles. The summed E-state index contributed by atoms with van der Waals surface area (Å²) in [5, 5.41) is 0.672. The number of halogens is 1. The lowest BCUT2D eigenvalue weighted by Crippen LogP contribution is -2.41. The molecule has 0 unspecified atom stereocenters. The summed E-state index contributed by atoms with van der Waals surface area (Å²) >= 11 is 6.00. The molecule has 0 aromatic heterocycles. The average Bonchev–Trinajstić information content (AvgIpc) is 2.43. The van der Waals surface area contributed by atoms with E-state index in [0.29, 0.717) is 11.6 Å². The molecule has 1 amide bonds. The van der Waals surface area contributed by atoms with E-state index in [1.165, 1.54) is 0 Å². The molecule has 4 heteroatoms. The van der Waals surface area contributed by atoms with Gasteiger partial charge in [0.1, 0.15) is 12.4 Å². The third kappa shape index (κ3) is 3.92.